The molecule has 3 N–H and O–H groups in total. The molecule has 0 saturated heterocycles. The van der Waals surface area contributed by atoms with Crippen molar-refractivity contribution in [1.82, 2.24) is 9.97 Å². The van der Waals surface area contributed by atoms with Gasteiger partial charge in [-0.3, -0.25) is 14.4 Å². The normalized spacial score (nSPS) is 15.1. The van der Waals surface area contributed by atoms with Crippen LogP contribution in [0.5, 0.6) is 0 Å². The van der Waals surface area contributed by atoms with Gasteiger partial charge in [0.2, 0.25) is 11.8 Å². The molecule has 0 bridgehead atoms. The second-order valence-corrected chi connectivity index (χ2v) is 8.99. The Morgan fingerprint density at radius 2 is 1.91 bits per heavy atom. The summed E-state index contributed by atoms with van der Waals surface area (Å²) in [5, 5.41) is 5.90. The number of nitrogens with one attached hydrogen (secondary N) is 3. The number of hydrogen-bond acceptors (Lipinski definition) is 5. The average molecular weight is 449 g/mol. The minimum absolute atomic E-state index is 0.107. The summed E-state index contributed by atoms with van der Waals surface area (Å²) < 4.78 is 0. The van der Waals surface area contributed by atoms with Crippen LogP contribution >= 0.6 is 11.8 Å². The van der Waals surface area contributed by atoms with Crippen LogP contribution in [0, 0.1) is 20.8 Å². The highest BCUT2D eigenvalue weighted by Crippen LogP contribution is 2.31. The van der Waals surface area contributed by atoms with E-state index in [9.17, 15) is 14.4 Å². The molecule has 2 amide bonds. The molecule has 0 fully saturated rings. The van der Waals surface area contributed by atoms with Crippen molar-refractivity contribution >= 4 is 35.1 Å². The SMILES string of the molecule is Cc1cccc(CSc2nc3c(c(=O)[nH]2)[C@H](C(=O)Nc2ccc(C)cc2C)CC(=O)N3)c1. The third-order valence-corrected chi connectivity index (χ3v) is 6.29. The maximum Gasteiger partial charge on any atom is 0.257 e. The van der Waals surface area contributed by atoms with E-state index in [4.69, 9.17) is 0 Å². The second kappa shape index (κ2) is 9.00. The van der Waals surface area contributed by atoms with Gasteiger partial charge in [0.1, 0.15) is 5.82 Å². The number of hydrogen-bond donors (Lipinski definition) is 3. The van der Waals surface area contributed by atoms with Crippen molar-refractivity contribution in [3.05, 3.63) is 80.6 Å². The first-order valence-corrected chi connectivity index (χ1v) is 11.3. The van der Waals surface area contributed by atoms with E-state index in [-0.39, 0.29) is 23.7 Å². The number of fused-ring (bicyclic) bond motifs is 1. The minimum atomic E-state index is -0.911. The van der Waals surface area contributed by atoms with Gasteiger partial charge in [0.05, 0.1) is 11.5 Å². The fourth-order valence-electron chi connectivity index (χ4n) is 3.77. The number of H-pyrrole nitrogens is 1. The quantitative estimate of drug-likeness (QED) is 0.403. The van der Waals surface area contributed by atoms with Gasteiger partial charge in [-0.2, -0.15) is 0 Å². The molecular formula is C24H24N4O3S. The van der Waals surface area contributed by atoms with Gasteiger partial charge in [-0.25, -0.2) is 4.98 Å². The monoisotopic (exact) mass is 448 g/mol. The van der Waals surface area contributed by atoms with E-state index in [0.29, 0.717) is 16.6 Å². The van der Waals surface area contributed by atoms with E-state index in [0.717, 1.165) is 22.3 Å². The fraction of sp³-hybridized carbons (Fsp3) is 0.250. The topological polar surface area (TPSA) is 104 Å². The molecule has 164 valence electrons. The van der Waals surface area contributed by atoms with Crippen molar-refractivity contribution in [2.75, 3.05) is 10.6 Å². The average Bonchev–Trinajstić information content (AvgIpc) is 2.73. The van der Waals surface area contributed by atoms with Crippen molar-refractivity contribution < 1.29 is 9.59 Å². The number of thioether (sulfide) groups is 1. The highest BCUT2D eigenvalue weighted by atomic mass is 32.2. The molecule has 2 aromatic carbocycles. The third-order valence-electron chi connectivity index (χ3n) is 5.34. The Morgan fingerprint density at radius 1 is 1.12 bits per heavy atom. The predicted molar refractivity (Wildman–Crippen MR) is 126 cm³/mol. The summed E-state index contributed by atoms with van der Waals surface area (Å²) in [6.07, 6.45) is -0.107. The molecular weight excluding hydrogens is 424 g/mol. The lowest BCUT2D eigenvalue weighted by Gasteiger charge is -2.24. The summed E-state index contributed by atoms with van der Waals surface area (Å²) >= 11 is 1.37. The third kappa shape index (κ3) is 4.75. The molecule has 3 aromatic rings. The molecule has 2 heterocycles. The summed E-state index contributed by atoms with van der Waals surface area (Å²) in [6, 6.07) is 13.8. The van der Waals surface area contributed by atoms with Crippen LogP contribution in [0.2, 0.25) is 0 Å². The predicted octanol–water partition coefficient (Wildman–Crippen LogP) is 4.05. The van der Waals surface area contributed by atoms with Crippen LogP contribution in [0.25, 0.3) is 0 Å². The van der Waals surface area contributed by atoms with Gasteiger partial charge < -0.3 is 15.6 Å². The Labute approximate surface area is 190 Å². The lowest BCUT2D eigenvalue weighted by Crippen LogP contribution is -2.36. The lowest BCUT2D eigenvalue weighted by atomic mass is 9.92. The standard InChI is InChI=1S/C24H24N4O3S/c1-13-5-4-6-16(10-13)12-32-24-27-21-20(23(31)28-24)17(11-19(29)26-21)22(30)25-18-8-7-14(2)9-15(18)3/h4-10,17H,11-12H2,1-3H3,(H,25,30)(H2,26,27,28,29,31)/t17-/m1/s1. The van der Waals surface area contributed by atoms with Gasteiger partial charge in [-0.1, -0.05) is 59.3 Å². The summed E-state index contributed by atoms with van der Waals surface area (Å²) in [6.45, 7) is 5.89. The molecule has 1 aromatic heterocycles. The first-order chi connectivity index (χ1) is 15.3. The number of aromatic nitrogens is 2. The van der Waals surface area contributed by atoms with Crippen LogP contribution in [0.1, 0.15) is 40.2 Å². The van der Waals surface area contributed by atoms with Gasteiger partial charge in [-0.15, -0.1) is 0 Å². The van der Waals surface area contributed by atoms with Crippen LogP contribution in [-0.2, 0) is 15.3 Å². The second-order valence-electron chi connectivity index (χ2n) is 8.02. The highest BCUT2D eigenvalue weighted by molar-refractivity contribution is 7.98. The Balaban J connectivity index is 1.58. The number of aryl methyl sites for hydroxylation is 3. The molecule has 4 rings (SSSR count). The molecule has 0 spiro atoms. The molecule has 0 radical (unpaired) electrons. The summed E-state index contributed by atoms with van der Waals surface area (Å²) in [5.41, 5.74) is 4.68. The molecule has 0 unspecified atom stereocenters. The van der Waals surface area contributed by atoms with Gasteiger partial charge in [-0.05, 0) is 38.0 Å². The van der Waals surface area contributed by atoms with Gasteiger partial charge in [0, 0.05) is 17.9 Å². The number of rotatable bonds is 5. The Bertz CT molecular complexity index is 1270. The van der Waals surface area contributed by atoms with Crippen LogP contribution in [0.15, 0.2) is 52.4 Å². The maximum atomic E-state index is 13.0. The van der Waals surface area contributed by atoms with E-state index in [1.54, 1.807) is 0 Å². The zero-order chi connectivity index (χ0) is 22.8. The van der Waals surface area contributed by atoms with Crippen LogP contribution in [-0.4, -0.2) is 21.8 Å². The largest absolute Gasteiger partial charge is 0.325 e. The summed E-state index contributed by atoms with van der Waals surface area (Å²) in [5.74, 6) is -0.885. The fourth-order valence-corrected chi connectivity index (χ4v) is 4.57. The van der Waals surface area contributed by atoms with Crippen LogP contribution in [0.3, 0.4) is 0 Å². The number of carbonyl (C=O) groups excluding carboxylic acids is 2. The number of anilines is 2. The molecule has 0 saturated carbocycles. The summed E-state index contributed by atoms with van der Waals surface area (Å²) in [7, 11) is 0. The number of nitrogens with zero attached hydrogens (tertiary/aromatic N) is 1. The van der Waals surface area contributed by atoms with Crippen molar-refractivity contribution in [3.63, 3.8) is 0 Å². The Hall–Kier alpha value is -3.39. The molecule has 1 aliphatic rings. The first-order valence-electron chi connectivity index (χ1n) is 10.3. The number of aromatic amines is 1. The van der Waals surface area contributed by atoms with Crippen molar-refractivity contribution in [2.45, 2.75) is 44.0 Å². The minimum Gasteiger partial charge on any atom is -0.325 e. The van der Waals surface area contributed by atoms with E-state index >= 15 is 0 Å². The van der Waals surface area contributed by atoms with Gasteiger partial charge in [0.15, 0.2) is 5.16 Å². The zero-order valence-electron chi connectivity index (χ0n) is 18.1. The Kier molecular flexibility index (Phi) is 6.14. The highest BCUT2D eigenvalue weighted by Gasteiger charge is 2.35. The molecule has 1 atom stereocenters. The molecule has 1 aliphatic heterocycles. The number of benzene rings is 2. The van der Waals surface area contributed by atoms with Crippen LogP contribution < -0.4 is 16.2 Å². The van der Waals surface area contributed by atoms with E-state index < -0.39 is 17.4 Å². The van der Waals surface area contributed by atoms with E-state index in [1.165, 1.54) is 11.8 Å². The number of carbonyl (C=O) groups is 2. The zero-order valence-corrected chi connectivity index (χ0v) is 18.9. The van der Waals surface area contributed by atoms with Crippen LogP contribution in [0.4, 0.5) is 11.5 Å². The number of amides is 2. The first kappa shape index (κ1) is 21.8. The van der Waals surface area contributed by atoms with Crippen molar-refractivity contribution in [3.8, 4) is 0 Å². The Morgan fingerprint density at radius 3 is 2.66 bits per heavy atom. The maximum absolute atomic E-state index is 13.0. The molecule has 7 nitrogen and oxygen atoms in total. The lowest BCUT2D eigenvalue weighted by molar-refractivity contribution is -0.123. The van der Waals surface area contributed by atoms with Crippen molar-refractivity contribution in [1.29, 1.82) is 0 Å². The van der Waals surface area contributed by atoms with Gasteiger partial charge >= 0.3 is 0 Å². The van der Waals surface area contributed by atoms with E-state index in [2.05, 4.69) is 26.7 Å². The smallest absolute Gasteiger partial charge is 0.257 e. The van der Waals surface area contributed by atoms with Gasteiger partial charge in [0.25, 0.3) is 5.56 Å². The molecule has 0 aliphatic carbocycles. The summed E-state index contributed by atoms with van der Waals surface area (Å²) in [4.78, 5) is 45.4. The molecule has 32 heavy (non-hydrogen) atoms. The van der Waals surface area contributed by atoms with E-state index in [1.807, 2.05) is 57.2 Å². The van der Waals surface area contributed by atoms with Crippen molar-refractivity contribution in [2.24, 2.45) is 0 Å². The molecule has 8 heteroatoms.